The number of benzene rings is 1. The molecule has 0 radical (unpaired) electrons. The third kappa shape index (κ3) is 3.01. The van der Waals surface area contributed by atoms with E-state index >= 15 is 0 Å². The van der Waals surface area contributed by atoms with Gasteiger partial charge in [-0.25, -0.2) is 0 Å². The Morgan fingerprint density at radius 1 is 1.39 bits per heavy atom. The van der Waals surface area contributed by atoms with Crippen molar-refractivity contribution in [2.45, 2.75) is 32.6 Å². The monoisotopic (exact) mass is 309 g/mol. The molecule has 1 aromatic rings. The summed E-state index contributed by atoms with van der Waals surface area (Å²) in [6, 6.07) is 8.07. The van der Waals surface area contributed by atoms with E-state index in [1.54, 1.807) is 0 Å². The zero-order chi connectivity index (χ0) is 13.0. The molecular weight excluding hydrogens is 290 g/mol. The van der Waals surface area contributed by atoms with Crippen molar-refractivity contribution >= 4 is 21.7 Å². The molecule has 1 aliphatic rings. The van der Waals surface area contributed by atoms with Crippen molar-refractivity contribution in [3.8, 4) is 0 Å². The van der Waals surface area contributed by atoms with Crippen molar-refractivity contribution in [3.63, 3.8) is 0 Å². The number of nitrogens with one attached hydrogen (secondary N) is 1. The Kier molecular flexibility index (Phi) is 4.57. The molecule has 2 nitrogen and oxygen atoms in total. The van der Waals surface area contributed by atoms with Gasteiger partial charge in [0.1, 0.15) is 5.78 Å². The zero-order valence-electron chi connectivity index (χ0n) is 10.8. The van der Waals surface area contributed by atoms with Gasteiger partial charge in [-0.2, -0.15) is 0 Å². The van der Waals surface area contributed by atoms with Crippen LogP contribution in [0.15, 0.2) is 28.7 Å². The Labute approximate surface area is 117 Å². The summed E-state index contributed by atoms with van der Waals surface area (Å²) in [6.45, 7) is 4.00. The van der Waals surface area contributed by atoms with Gasteiger partial charge in [0.2, 0.25) is 0 Å². The van der Waals surface area contributed by atoms with Crippen LogP contribution in [0.1, 0.15) is 31.7 Å². The minimum absolute atomic E-state index is 0.109. The van der Waals surface area contributed by atoms with Gasteiger partial charge in [-0.1, -0.05) is 41.4 Å². The van der Waals surface area contributed by atoms with E-state index < -0.39 is 0 Å². The first kappa shape index (κ1) is 13.8. The number of carbonyl (C=O) groups excluding carboxylic acids is 1. The summed E-state index contributed by atoms with van der Waals surface area (Å²) >= 11 is 3.42. The molecule has 18 heavy (non-hydrogen) atoms. The van der Waals surface area contributed by atoms with Crippen LogP contribution in [0.25, 0.3) is 0 Å². The fraction of sp³-hybridized carbons (Fsp3) is 0.533. The molecule has 0 aromatic heterocycles. The molecule has 1 atom stereocenters. The normalized spacial score (nSPS) is 23.2. The van der Waals surface area contributed by atoms with E-state index in [0.29, 0.717) is 12.2 Å². The number of halogens is 1. The predicted octanol–water partition coefficient (Wildman–Crippen LogP) is 3.34. The maximum Gasteiger partial charge on any atom is 0.144 e. The van der Waals surface area contributed by atoms with Crippen LogP contribution in [0, 0.1) is 5.41 Å². The second-order valence-corrected chi connectivity index (χ2v) is 6.10. The molecule has 0 spiro atoms. The average molecular weight is 310 g/mol. The fourth-order valence-electron chi connectivity index (χ4n) is 2.79. The lowest BCUT2D eigenvalue weighted by Gasteiger charge is -2.26. The number of carbonyl (C=O) groups is 1. The van der Waals surface area contributed by atoms with E-state index in [2.05, 4.69) is 28.2 Å². The van der Waals surface area contributed by atoms with Gasteiger partial charge >= 0.3 is 0 Å². The van der Waals surface area contributed by atoms with Crippen molar-refractivity contribution in [2.75, 3.05) is 13.1 Å². The molecule has 98 valence electrons. The number of hydrogen-bond donors (Lipinski definition) is 1. The Morgan fingerprint density at radius 3 is 2.67 bits per heavy atom. The van der Waals surface area contributed by atoms with Crippen molar-refractivity contribution in [2.24, 2.45) is 5.41 Å². The minimum atomic E-state index is -0.109. The number of Topliss-reactive ketones (excluding diaryl/α,β-unsaturated/α-hetero) is 1. The van der Waals surface area contributed by atoms with E-state index in [1.807, 2.05) is 24.3 Å². The lowest BCUT2D eigenvalue weighted by atomic mass is 9.76. The van der Waals surface area contributed by atoms with Crippen LogP contribution < -0.4 is 5.32 Å². The average Bonchev–Trinajstić information content (AvgIpc) is 2.82. The minimum Gasteiger partial charge on any atom is -0.316 e. The molecule has 0 saturated carbocycles. The molecule has 1 N–H and O–H groups in total. The Balaban J connectivity index is 2.07. The van der Waals surface area contributed by atoms with Gasteiger partial charge in [-0.3, -0.25) is 4.79 Å². The second-order valence-electron chi connectivity index (χ2n) is 5.18. The molecule has 1 heterocycles. The van der Waals surface area contributed by atoms with Gasteiger partial charge in [0.15, 0.2) is 0 Å². The van der Waals surface area contributed by atoms with E-state index in [-0.39, 0.29) is 5.41 Å². The Morgan fingerprint density at radius 2 is 2.11 bits per heavy atom. The number of ketones is 1. The topological polar surface area (TPSA) is 29.1 Å². The SMILES string of the molecule is CCCC1(C(=O)Cc2ccc(Br)cc2)CCNC1. The van der Waals surface area contributed by atoms with Crippen LogP contribution in [-0.4, -0.2) is 18.9 Å². The number of hydrogen-bond acceptors (Lipinski definition) is 2. The van der Waals surface area contributed by atoms with Crippen LogP contribution in [-0.2, 0) is 11.2 Å². The van der Waals surface area contributed by atoms with Crippen molar-refractivity contribution in [3.05, 3.63) is 34.3 Å². The first-order valence-electron chi connectivity index (χ1n) is 6.65. The maximum absolute atomic E-state index is 12.6. The zero-order valence-corrected chi connectivity index (χ0v) is 12.4. The van der Waals surface area contributed by atoms with Gasteiger partial charge in [-0.15, -0.1) is 0 Å². The highest BCUT2D eigenvalue weighted by Gasteiger charge is 2.39. The first-order valence-corrected chi connectivity index (χ1v) is 7.44. The van der Waals surface area contributed by atoms with Crippen molar-refractivity contribution in [1.82, 2.24) is 5.32 Å². The van der Waals surface area contributed by atoms with E-state index in [9.17, 15) is 4.79 Å². The summed E-state index contributed by atoms with van der Waals surface area (Å²) in [5.74, 6) is 0.400. The quantitative estimate of drug-likeness (QED) is 0.904. The summed E-state index contributed by atoms with van der Waals surface area (Å²) in [5, 5.41) is 3.35. The molecule has 1 aromatic carbocycles. The van der Waals surface area contributed by atoms with Crippen LogP contribution in [0.3, 0.4) is 0 Å². The summed E-state index contributed by atoms with van der Waals surface area (Å²) in [4.78, 5) is 12.6. The highest BCUT2D eigenvalue weighted by molar-refractivity contribution is 9.10. The third-order valence-electron chi connectivity index (χ3n) is 3.84. The molecule has 0 aliphatic carbocycles. The Bertz CT molecular complexity index is 407. The molecule has 1 fully saturated rings. The van der Waals surface area contributed by atoms with E-state index in [4.69, 9.17) is 0 Å². The van der Waals surface area contributed by atoms with Crippen LogP contribution in [0.5, 0.6) is 0 Å². The van der Waals surface area contributed by atoms with Crippen LogP contribution in [0.2, 0.25) is 0 Å². The molecule has 2 rings (SSSR count). The number of rotatable bonds is 5. The molecule has 0 amide bonds. The second kappa shape index (κ2) is 5.98. The molecule has 1 aliphatic heterocycles. The smallest absolute Gasteiger partial charge is 0.144 e. The molecule has 0 bridgehead atoms. The molecule has 1 saturated heterocycles. The predicted molar refractivity (Wildman–Crippen MR) is 77.7 cm³/mol. The maximum atomic E-state index is 12.6. The van der Waals surface area contributed by atoms with Crippen molar-refractivity contribution in [1.29, 1.82) is 0 Å². The largest absolute Gasteiger partial charge is 0.316 e. The fourth-order valence-corrected chi connectivity index (χ4v) is 3.05. The molecule has 1 unspecified atom stereocenters. The molecular formula is C15H20BrNO. The van der Waals surface area contributed by atoms with Gasteiger partial charge < -0.3 is 5.32 Å². The van der Waals surface area contributed by atoms with E-state index in [1.165, 1.54) is 0 Å². The van der Waals surface area contributed by atoms with Gasteiger partial charge in [0.25, 0.3) is 0 Å². The van der Waals surface area contributed by atoms with E-state index in [0.717, 1.165) is 42.4 Å². The summed E-state index contributed by atoms with van der Waals surface area (Å²) < 4.78 is 1.06. The van der Waals surface area contributed by atoms with Crippen LogP contribution >= 0.6 is 15.9 Å². The van der Waals surface area contributed by atoms with Crippen LogP contribution in [0.4, 0.5) is 0 Å². The van der Waals surface area contributed by atoms with Gasteiger partial charge in [-0.05, 0) is 37.1 Å². The highest BCUT2D eigenvalue weighted by Crippen LogP contribution is 2.33. The standard InChI is InChI=1S/C15H20BrNO/c1-2-7-15(8-9-17-11-15)14(18)10-12-3-5-13(16)6-4-12/h3-6,17H,2,7-11H2,1H3. The summed E-state index contributed by atoms with van der Waals surface area (Å²) in [7, 11) is 0. The van der Waals surface area contributed by atoms with Gasteiger partial charge in [0.05, 0.1) is 0 Å². The van der Waals surface area contributed by atoms with Crippen molar-refractivity contribution < 1.29 is 4.79 Å². The Hall–Kier alpha value is -0.670. The lowest BCUT2D eigenvalue weighted by molar-refractivity contribution is -0.127. The summed E-state index contributed by atoms with van der Waals surface area (Å²) in [5.41, 5.74) is 1.01. The third-order valence-corrected chi connectivity index (χ3v) is 4.37. The summed E-state index contributed by atoms with van der Waals surface area (Å²) in [6.07, 6.45) is 3.65. The lowest BCUT2D eigenvalue weighted by Crippen LogP contribution is -2.34. The molecule has 3 heteroatoms. The first-order chi connectivity index (χ1) is 8.66. The van der Waals surface area contributed by atoms with Gasteiger partial charge in [0, 0.05) is 22.9 Å². The highest BCUT2D eigenvalue weighted by atomic mass is 79.9.